The van der Waals surface area contributed by atoms with Crippen molar-refractivity contribution in [2.75, 3.05) is 44.2 Å². The van der Waals surface area contributed by atoms with Crippen molar-refractivity contribution in [1.82, 2.24) is 9.62 Å². The van der Waals surface area contributed by atoms with Crippen molar-refractivity contribution < 1.29 is 13.3 Å². The Kier molecular flexibility index (Phi) is 6.61. The quantitative estimate of drug-likeness (QED) is 0.411. The van der Waals surface area contributed by atoms with Crippen molar-refractivity contribution in [3.05, 3.63) is 64.7 Å². The molecule has 1 N–H and O–H groups in total. The van der Waals surface area contributed by atoms with E-state index in [0.717, 1.165) is 32.7 Å². The number of sulfonamides is 1. The van der Waals surface area contributed by atoms with Crippen LogP contribution in [0.2, 0.25) is 0 Å². The molecule has 0 amide bonds. The van der Waals surface area contributed by atoms with Gasteiger partial charge in [-0.3, -0.25) is 15.0 Å². The molecule has 0 unspecified atom stereocenters. The fourth-order valence-electron chi connectivity index (χ4n) is 3.21. The maximum Gasteiger partial charge on any atom is 0.269 e. The predicted molar refractivity (Wildman–Crippen MR) is 108 cm³/mol. The summed E-state index contributed by atoms with van der Waals surface area (Å²) in [5.74, 6) is 0. The number of nitrogens with zero attached hydrogens (tertiary/aromatic N) is 3. The Morgan fingerprint density at radius 1 is 0.964 bits per heavy atom. The summed E-state index contributed by atoms with van der Waals surface area (Å²) in [6.07, 6.45) is 0.706. The number of nitrogens with one attached hydrogen (secondary N) is 1. The van der Waals surface area contributed by atoms with E-state index < -0.39 is 14.9 Å². The molecule has 1 saturated heterocycles. The van der Waals surface area contributed by atoms with E-state index >= 15 is 0 Å². The summed E-state index contributed by atoms with van der Waals surface area (Å²) in [4.78, 5) is 14.8. The van der Waals surface area contributed by atoms with Crippen molar-refractivity contribution >= 4 is 21.4 Å². The maximum absolute atomic E-state index is 12.3. The molecule has 2 aromatic carbocycles. The predicted octanol–water partition coefficient (Wildman–Crippen LogP) is 2.09. The molecule has 150 valence electrons. The molecule has 0 aliphatic carbocycles. The Morgan fingerprint density at radius 3 is 2.21 bits per heavy atom. The van der Waals surface area contributed by atoms with Crippen LogP contribution in [0.1, 0.15) is 6.42 Å². The van der Waals surface area contributed by atoms with Crippen molar-refractivity contribution in [3.63, 3.8) is 0 Å². The lowest BCUT2D eigenvalue weighted by atomic mass is 10.2. The first-order valence-corrected chi connectivity index (χ1v) is 10.7. The van der Waals surface area contributed by atoms with E-state index in [0.29, 0.717) is 13.0 Å². The number of hydrogen-bond donors (Lipinski definition) is 1. The molecule has 0 bridgehead atoms. The van der Waals surface area contributed by atoms with Crippen LogP contribution in [0.15, 0.2) is 59.5 Å². The highest BCUT2D eigenvalue weighted by Crippen LogP contribution is 2.16. The number of rotatable bonds is 8. The van der Waals surface area contributed by atoms with Crippen LogP contribution in [-0.2, 0) is 10.0 Å². The third-order valence-corrected chi connectivity index (χ3v) is 6.27. The van der Waals surface area contributed by atoms with E-state index in [4.69, 9.17) is 0 Å². The van der Waals surface area contributed by atoms with Gasteiger partial charge in [0.25, 0.3) is 5.69 Å². The molecule has 8 nitrogen and oxygen atoms in total. The molecule has 9 heteroatoms. The fourth-order valence-corrected chi connectivity index (χ4v) is 4.28. The molecular formula is C19H24N4O4S. The van der Waals surface area contributed by atoms with Gasteiger partial charge in [-0.2, -0.15) is 0 Å². The first kappa shape index (κ1) is 20.2. The van der Waals surface area contributed by atoms with Crippen LogP contribution in [0, 0.1) is 10.1 Å². The minimum absolute atomic E-state index is 0.0366. The number of piperazine rings is 1. The van der Waals surface area contributed by atoms with Crippen LogP contribution in [0.4, 0.5) is 11.4 Å². The van der Waals surface area contributed by atoms with Gasteiger partial charge in [-0.15, -0.1) is 0 Å². The second-order valence-electron chi connectivity index (χ2n) is 6.67. The van der Waals surface area contributed by atoms with Gasteiger partial charge in [0.2, 0.25) is 10.0 Å². The van der Waals surface area contributed by atoms with Crippen LogP contribution in [0.5, 0.6) is 0 Å². The zero-order valence-electron chi connectivity index (χ0n) is 15.5. The molecular weight excluding hydrogens is 380 g/mol. The molecule has 1 aliphatic rings. The Labute approximate surface area is 165 Å². The van der Waals surface area contributed by atoms with E-state index in [-0.39, 0.29) is 10.6 Å². The van der Waals surface area contributed by atoms with Gasteiger partial charge < -0.3 is 4.90 Å². The van der Waals surface area contributed by atoms with Gasteiger partial charge in [0, 0.05) is 50.5 Å². The van der Waals surface area contributed by atoms with Crippen LogP contribution in [-0.4, -0.2) is 57.5 Å². The number of para-hydroxylation sites is 1. The molecule has 0 spiro atoms. The topological polar surface area (TPSA) is 95.8 Å². The number of nitro benzene ring substituents is 1. The van der Waals surface area contributed by atoms with Crippen LogP contribution in [0.3, 0.4) is 0 Å². The number of anilines is 1. The molecule has 2 aromatic rings. The Morgan fingerprint density at radius 2 is 1.61 bits per heavy atom. The van der Waals surface area contributed by atoms with Gasteiger partial charge in [0.15, 0.2) is 0 Å². The monoisotopic (exact) mass is 404 g/mol. The second kappa shape index (κ2) is 9.13. The average Bonchev–Trinajstić information content (AvgIpc) is 2.72. The van der Waals surface area contributed by atoms with Gasteiger partial charge in [-0.1, -0.05) is 18.2 Å². The summed E-state index contributed by atoms with van der Waals surface area (Å²) in [6.45, 7) is 4.97. The van der Waals surface area contributed by atoms with Crippen molar-refractivity contribution in [1.29, 1.82) is 0 Å². The largest absolute Gasteiger partial charge is 0.369 e. The number of hydrogen-bond acceptors (Lipinski definition) is 6. The SMILES string of the molecule is O=[N+]([O-])c1ccc(S(=O)(=O)NCCCN2CCN(c3ccccc3)CC2)cc1. The molecule has 1 aliphatic heterocycles. The summed E-state index contributed by atoms with van der Waals surface area (Å²) < 4.78 is 27.1. The zero-order valence-corrected chi connectivity index (χ0v) is 16.3. The lowest BCUT2D eigenvalue weighted by Crippen LogP contribution is -2.47. The molecule has 0 aromatic heterocycles. The van der Waals surface area contributed by atoms with E-state index in [1.165, 1.54) is 30.0 Å². The average molecular weight is 404 g/mol. The summed E-state index contributed by atoms with van der Waals surface area (Å²) in [7, 11) is -3.65. The van der Waals surface area contributed by atoms with E-state index in [2.05, 4.69) is 26.7 Å². The molecule has 28 heavy (non-hydrogen) atoms. The maximum atomic E-state index is 12.3. The van der Waals surface area contributed by atoms with Gasteiger partial charge >= 0.3 is 0 Å². The minimum Gasteiger partial charge on any atom is -0.369 e. The fraction of sp³-hybridized carbons (Fsp3) is 0.368. The van der Waals surface area contributed by atoms with Crippen LogP contribution >= 0.6 is 0 Å². The van der Waals surface area contributed by atoms with Gasteiger partial charge in [-0.05, 0) is 37.2 Å². The van der Waals surface area contributed by atoms with Crippen molar-refractivity contribution in [2.45, 2.75) is 11.3 Å². The third-order valence-electron chi connectivity index (χ3n) is 4.79. The summed E-state index contributed by atoms with van der Waals surface area (Å²) in [6, 6.07) is 15.2. The minimum atomic E-state index is -3.65. The van der Waals surface area contributed by atoms with E-state index in [9.17, 15) is 18.5 Å². The Hall–Kier alpha value is -2.49. The van der Waals surface area contributed by atoms with E-state index in [1.807, 2.05) is 18.2 Å². The lowest BCUT2D eigenvalue weighted by molar-refractivity contribution is -0.384. The Balaban J connectivity index is 1.40. The van der Waals surface area contributed by atoms with Crippen LogP contribution in [0.25, 0.3) is 0 Å². The highest BCUT2D eigenvalue weighted by Gasteiger charge is 2.18. The molecule has 0 saturated carbocycles. The number of nitro groups is 1. The lowest BCUT2D eigenvalue weighted by Gasteiger charge is -2.36. The molecule has 3 rings (SSSR count). The second-order valence-corrected chi connectivity index (χ2v) is 8.43. The molecule has 0 atom stereocenters. The number of benzene rings is 2. The number of non-ortho nitro benzene ring substituents is 1. The summed E-state index contributed by atoms with van der Waals surface area (Å²) in [5.41, 5.74) is 1.10. The highest BCUT2D eigenvalue weighted by molar-refractivity contribution is 7.89. The first-order chi connectivity index (χ1) is 13.5. The summed E-state index contributed by atoms with van der Waals surface area (Å²) >= 11 is 0. The summed E-state index contributed by atoms with van der Waals surface area (Å²) in [5, 5.41) is 10.7. The molecule has 1 fully saturated rings. The van der Waals surface area contributed by atoms with Crippen LogP contribution < -0.4 is 9.62 Å². The molecule has 0 radical (unpaired) electrons. The third kappa shape index (κ3) is 5.28. The van der Waals surface area contributed by atoms with E-state index in [1.54, 1.807) is 0 Å². The molecule has 1 heterocycles. The highest BCUT2D eigenvalue weighted by atomic mass is 32.2. The zero-order chi connectivity index (χ0) is 20.0. The standard InChI is InChI=1S/C19H24N4O4S/c24-23(25)18-7-9-19(10-8-18)28(26,27)20-11-4-12-21-13-15-22(16-14-21)17-5-2-1-3-6-17/h1-3,5-10,20H,4,11-16H2. The smallest absolute Gasteiger partial charge is 0.269 e. The van der Waals surface area contributed by atoms with Crippen molar-refractivity contribution in [2.24, 2.45) is 0 Å². The normalized spacial score (nSPS) is 15.5. The van der Waals surface area contributed by atoms with Gasteiger partial charge in [0.05, 0.1) is 9.82 Å². The van der Waals surface area contributed by atoms with Gasteiger partial charge in [-0.25, -0.2) is 13.1 Å². The Bertz CT molecular complexity index is 880. The van der Waals surface area contributed by atoms with Gasteiger partial charge in [0.1, 0.15) is 0 Å². The van der Waals surface area contributed by atoms with Crippen molar-refractivity contribution in [3.8, 4) is 0 Å². The first-order valence-electron chi connectivity index (χ1n) is 9.22.